The number of carbonyl (C=O) groups excluding carboxylic acids is 2. The molecular formula is C27H28N2O3. The number of esters is 1. The van der Waals surface area contributed by atoms with E-state index in [0.29, 0.717) is 17.6 Å². The highest BCUT2D eigenvalue weighted by Gasteiger charge is 2.41. The van der Waals surface area contributed by atoms with Crippen molar-refractivity contribution in [1.82, 2.24) is 10.3 Å². The number of pyridine rings is 1. The molecule has 1 aromatic carbocycles. The molecule has 1 N–H and O–H groups in total. The van der Waals surface area contributed by atoms with Crippen molar-refractivity contribution in [2.45, 2.75) is 63.4 Å². The Labute approximate surface area is 188 Å². The van der Waals surface area contributed by atoms with Crippen LogP contribution in [0.2, 0.25) is 0 Å². The van der Waals surface area contributed by atoms with Crippen LogP contribution in [0, 0.1) is 0 Å². The molecule has 0 spiro atoms. The third kappa shape index (κ3) is 3.88. The van der Waals surface area contributed by atoms with Crippen LogP contribution in [-0.2, 0) is 14.3 Å². The van der Waals surface area contributed by atoms with Crippen LogP contribution in [0.3, 0.4) is 0 Å². The van der Waals surface area contributed by atoms with Gasteiger partial charge in [0.1, 0.15) is 6.10 Å². The molecule has 0 unspecified atom stereocenters. The summed E-state index contributed by atoms with van der Waals surface area (Å²) in [6, 6.07) is 14.0. The molecule has 1 aromatic heterocycles. The fourth-order valence-electron chi connectivity index (χ4n) is 5.38. The number of benzene rings is 1. The summed E-state index contributed by atoms with van der Waals surface area (Å²) in [6.07, 6.45) is 8.60. The number of ether oxygens (including phenoxy) is 1. The van der Waals surface area contributed by atoms with Gasteiger partial charge in [-0.25, -0.2) is 4.79 Å². The molecule has 1 aliphatic heterocycles. The fourth-order valence-corrected chi connectivity index (χ4v) is 5.38. The van der Waals surface area contributed by atoms with Crippen LogP contribution < -0.4 is 5.32 Å². The predicted octanol–water partition coefficient (Wildman–Crippen LogP) is 4.93. The van der Waals surface area contributed by atoms with Gasteiger partial charge in [0, 0.05) is 41.7 Å². The van der Waals surface area contributed by atoms with Crippen LogP contribution in [0.5, 0.6) is 0 Å². The monoisotopic (exact) mass is 428 g/mol. The number of rotatable bonds is 4. The first-order valence-electron chi connectivity index (χ1n) is 11.5. The lowest BCUT2D eigenvalue weighted by atomic mass is 9.72. The maximum absolute atomic E-state index is 13.5. The van der Waals surface area contributed by atoms with Gasteiger partial charge < -0.3 is 10.1 Å². The van der Waals surface area contributed by atoms with E-state index in [0.717, 1.165) is 49.1 Å². The second kappa shape index (κ2) is 8.73. The van der Waals surface area contributed by atoms with E-state index in [1.807, 2.05) is 37.3 Å². The molecule has 0 saturated heterocycles. The van der Waals surface area contributed by atoms with Gasteiger partial charge in [0.15, 0.2) is 5.78 Å². The molecule has 2 atom stereocenters. The molecule has 2 aromatic rings. The average molecular weight is 429 g/mol. The van der Waals surface area contributed by atoms with Crippen LogP contribution >= 0.6 is 0 Å². The first kappa shape index (κ1) is 20.7. The van der Waals surface area contributed by atoms with E-state index < -0.39 is 5.92 Å². The highest BCUT2D eigenvalue weighted by atomic mass is 16.5. The zero-order chi connectivity index (χ0) is 22.1. The van der Waals surface area contributed by atoms with Crippen molar-refractivity contribution in [2.24, 2.45) is 0 Å². The Morgan fingerprint density at radius 1 is 1.00 bits per heavy atom. The van der Waals surface area contributed by atoms with Crippen molar-refractivity contribution in [1.29, 1.82) is 0 Å². The highest BCUT2D eigenvalue weighted by molar-refractivity contribution is 6.04. The van der Waals surface area contributed by atoms with Gasteiger partial charge in [0.2, 0.25) is 0 Å². The van der Waals surface area contributed by atoms with Crippen LogP contribution in [0.4, 0.5) is 0 Å². The maximum atomic E-state index is 13.5. The normalized spacial score (nSPS) is 23.7. The van der Waals surface area contributed by atoms with E-state index in [1.165, 1.54) is 5.56 Å². The van der Waals surface area contributed by atoms with Crippen molar-refractivity contribution in [3.05, 3.63) is 88.5 Å². The Bertz CT molecular complexity index is 1080. The number of carbonyl (C=O) groups is 2. The smallest absolute Gasteiger partial charge is 0.337 e. The lowest BCUT2D eigenvalue weighted by Crippen LogP contribution is -2.36. The van der Waals surface area contributed by atoms with Gasteiger partial charge in [-0.1, -0.05) is 30.3 Å². The van der Waals surface area contributed by atoms with E-state index in [9.17, 15) is 9.59 Å². The van der Waals surface area contributed by atoms with Crippen LogP contribution in [0.15, 0.2) is 77.4 Å². The quantitative estimate of drug-likeness (QED) is 0.700. The summed E-state index contributed by atoms with van der Waals surface area (Å²) in [4.78, 5) is 31.0. The van der Waals surface area contributed by atoms with Crippen LogP contribution in [0.1, 0.15) is 68.4 Å². The Hall–Kier alpha value is -3.21. The third-order valence-electron chi connectivity index (χ3n) is 6.93. The third-order valence-corrected chi connectivity index (χ3v) is 6.93. The first-order chi connectivity index (χ1) is 15.6. The standard InChI is InChI=1S/C27H28N2O3/c1-17-24(27(31)32-21-9-5-6-10-21)25(19-11-13-28-14-12-19)26-22(29-17)15-20(16-23(26)30)18-7-3-2-4-8-18/h2-4,7-8,11-14,20-21,25,29H,5-6,9-10,15-16H2,1H3/t20-,25+/m1/s1. The van der Waals surface area contributed by atoms with Crippen molar-refractivity contribution in [3.8, 4) is 0 Å². The molecule has 2 heterocycles. The molecule has 0 bridgehead atoms. The minimum atomic E-state index is -0.424. The number of nitrogens with zero attached hydrogens (tertiary/aromatic N) is 1. The van der Waals surface area contributed by atoms with Gasteiger partial charge in [0.25, 0.3) is 0 Å². The number of hydrogen-bond acceptors (Lipinski definition) is 5. The number of nitrogens with one attached hydrogen (secondary N) is 1. The second-order valence-corrected chi connectivity index (χ2v) is 9.02. The van der Waals surface area contributed by atoms with Gasteiger partial charge in [-0.2, -0.15) is 0 Å². The molecule has 0 radical (unpaired) electrons. The van der Waals surface area contributed by atoms with E-state index in [1.54, 1.807) is 12.4 Å². The molecule has 1 saturated carbocycles. The largest absolute Gasteiger partial charge is 0.459 e. The average Bonchev–Trinajstić information content (AvgIpc) is 3.32. The summed E-state index contributed by atoms with van der Waals surface area (Å²) in [7, 11) is 0. The number of allylic oxidation sites excluding steroid dienone is 3. The van der Waals surface area contributed by atoms with E-state index in [-0.39, 0.29) is 23.8 Å². The summed E-state index contributed by atoms with van der Waals surface area (Å²) in [5.74, 6) is -0.512. The molecule has 0 amide bonds. The molecule has 3 aliphatic rings. The van der Waals surface area contributed by atoms with E-state index in [2.05, 4.69) is 22.4 Å². The van der Waals surface area contributed by atoms with Crippen molar-refractivity contribution in [2.75, 3.05) is 0 Å². The summed E-state index contributed by atoms with van der Waals surface area (Å²) < 4.78 is 5.89. The first-order valence-corrected chi connectivity index (χ1v) is 11.5. The number of hydrogen-bond donors (Lipinski definition) is 1. The summed E-state index contributed by atoms with van der Waals surface area (Å²) in [5.41, 5.74) is 5.02. The lowest BCUT2D eigenvalue weighted by molar-refractivity contribution is -0.144. The molecule has 5 rings (SSSR count). The Balaban J connectivity index is 1.53. The Morgan fingerprint density at radius 3 is 2.44 bits per heavy atom. The van der Waals surface area contributed by atoms with Crippen molar-refractivity contribution >= 4 is 11.8 Å². The summed E-state index contributed by atoms with van der Waals surface area (Å²) in [6.45, 7) is 1.92. The number of aromatic nitrogens is 1. The topological polar surface area (TPSA) is 68.3 Å². The molecule has 2 aliphatic carbocycles. The summed E-state index contributed by atoms with van der Waals surface area (Å²) in [5, 5.41) is 3.43. The second-order valence-electron chi connectivity index (χ2n) is 9.02. The van der Waals surface area contributed by atoms with Crippen molar-refractivity contribution in [3.63, 3.8) is 0 Å². The molecule has 32 heavy (non-hydrogen) atoms. The minimum Gasteiger partial charge on any atom is -0.459 e. The van der Waals surface area contributed by atoms with Crippen LogP contribution in [-0.4, -0.2) is 22.8 Å². The molecule has 1 fully saturated rings. The Morgan fingerprint density at radius 2 is 1.72 bits per heavy atom. The molecule has 5 nitrogen and oxygen atoms in total. The molecular weight excluding hydrogens is 400 g/mol. The van der Waals surface area contributed by atoms with E-state index >= 15 is 0 Å². The lowest BCUT2D eigenvalue weighted by Gasteiger charge is -2.37. The number of ketones is 1. The SMILES string of the molecule is CC1=C(C(=O)OC2CCCC2)[C@H](c2ccncc2)C2=C(C[C@@H](c3ccccc3)CC2=O)N1. The highest BCUT2D eigenvalue weighted by Crippen LogP contribution is 2.45. The van der Waals surface area contributed by atoms with E-state index in [4.69, 9.17) is 4.74 Å². The molecule has 5 heteroatoms. The van der Waals surface area contributed by atoms with Gasteiger partial charge >= 0.3 is 5.97 Å². The zero-order valence-electron chi connectivity index (χ0n) is 18.3. The van der Waals surface area contributed by atoms with Gasteiger partial charge in [-0.3, -0.25) is 9.78 Å². The minimum absolute atomic E-state index is 0.0271. The van der Waals surface area contributed by atoms with Crippen molar-refractivity contribution < 1.29 is 14.3 Å². The number of dihydropyridines is 1. The van der Waals surface area contributed by atoms with Gasteiger partial charge in [0.05, 0.1) is 5.57 Å². The Kier molecular flexibility index (Phi) is 5.64. The molecule has 164 valence electrons. The van der Waals surface area contributed by atoms with Crippen LogP contribution in [0.25, 0.3) is 0 Å². The fraction of sp³-hybridized carbons (Fsp3) is 0.370. The van der Waals surface area contributed by atoms with Gasteiger partial charge in [-0.05, 0) is 68.2 Å². The maximum Gasteiger partial charge on any atom is 0.337 e. The zero-order valence-corrected chi connectivity index (χ0v) is 18.3. The summed E-state index contributed by atoms with van der Waals surface area (Å²) >= 11 is 0. The van der Waals surface area contributed by atoms with Gasteiger partial charge in [-0.15, -0.1) is 0 Å². The predicted molar refractivity (Wildman–Crippen MR) is 122 cm³/mol. The number of Topliss-reactive ketones (excluding diaryl/α,β-unsaturated/α-hetero) is 1.